The molecule has 1 unspecified atom stereocenters. The molecule has 0 radical (unpaired) electrons. The van der Waals surface area contributed by atoms with Crippen LogP contribution in [0.1, 0.15) is 40.9 Å². The fraction of sp³-hybridized carbons (Fsp3) is 0.333. The summed E-state index contributed by atoms with van der Waals surface area (Å²) in [6.45, 7) is 0. The van der Waals surface area contributed by atoms with Gasteiger partial charge >= 0.3 is 0 Å². The molecule has 1 saturated carbocycles. The van der Waals surface area contributed by atoms with E-state index in [0.717, 1.165) is 12.8 Å². The standard InChI is InChI=1S/C18H17Cl2NO2S/c1-21(17(23)14-9-10-16(20)24-14)18(11-5-4-8-15(18)22)12-6-2-3-7-13(12)19/h2-3,6-7,9-10H,4-5,8,11H2,1H3. The summed E-state index contributed by atoms with van der Waals surface area (Å²) >= 11 is 13.6. The van der Waals surface area contributed by atoms with Gasteiger partial charge in [-0.2, -0.15) is 0 Å². The van der Waals surface area contributed by atoms with Crippen molar-refractivity contribution < 1.29 is 9.59 Å². The van der Waals surface area contributed by atoms with Crippen LogP contribution in [0, 0.1) is 0 Å². The molecule has 1 amide bonds. The van der Waals surface area contributed by atoms with Crippen molar-refractivity contribution in [3.8, 4) is 0 Å². The number of rotatable bonds is 3. The van der Waals surface area contributed by atoms with Crippen LogP contribution in [0.3, 0.4) is 0 Å². The summed E-state index contributed by atoms with van der Waals surface area (Å²) in [5.74, 6) is -0.164. The fourth-order valence-electron chi connectivity index (χ4n) is 3.40. The van der Waals surface area contributed by atoms with Crippen molar-refractivity contribution in [1.29, 1.82) is 0 Å². The molecule has 1 aliphatic carbocycles. The summed E-state index contributed by atoms with van der Waals surface area (Å²) < 4.78 is 0.550. The highest BCUT2D eigenvalue weighted by Crippen LogP contribution is 2.43. The largest absolute Gasteiger partial charge is 0.324 e. The number of nitrogens with zero attached hydrogens (tertiary/aromatic N) is 1. The summed E-state index contributed by atoms with van der Waals surface area (Å²) in [5.41, 5.74) is -0.306. The van der Waals surface area contributed by atoms with Gasteiger partial charge in [0, 0.05) is 24.1 Å². The molecule has 1 fully saturated rings. The summed E-state index contributed by atoms with van der Waals surface area (Å²) in [6, 6.07) is 10.7. The van der Waals surface area contributed by atoms with E-state index in [1.54, 1.807) is 30.1 Å². The first kappa shape index (κ1) is 17.5. The number of benzene rings is 1. The van der Waals surface area contributed by atoms with Gasteiger partial charge in [0.15, 0.2) is 5.78 Å². The van der Waals surface area contributed by atoms with Crippen LogP contribution in [0.2, 0.25) is 9.36 Å². The van der Waals surface area contributed by atoms with Crippen LogP contribution >= 0.6 is 34.5 Å². The number of carbonyl (C=O) groups excluding carboxylic acids is 2. The number of carbonyl (C=O) groups is 2. The van der Waals surface area contributed by atoms with Crippen molar-refractivity contribution in [2.24, 2.45) is 0 Å². The second-order valence-corrected chi connectivity index (χ2v) is 8.06. The van der Waals surface area contributed by atoms with Gasteiger partial charge < -0.3 is 4.90 Å². The Morgan fingerprint density at radius 3 is 2.54 bits per heavy atom. The molecule has 6 heteroatoms. The third kappa shape index (κ3) is 2.87. The lowest BCUT2D eigenvalue weighted by Gasteiger charge is -2.43. The molecule has 1 aliphatic rings. The molecular formula is C18H17Cl2NO2S. The normalized spacial score (nSPS) is 20.9. The number of ketones is 1. The van der Waals surface area contributed by atoms with Gasteiger partial charge in [-0.15, -0.1) is 11.3 Å². The molecule has 2 aromatic rings. The number of thiophene rings is 1. The average molecular weight is 382 g/mol. The van der Waals surface area contributed by atoms with E-state index in [0.29, 0.717) is 32.6 Å². The van der Waals surface area contributed by atoms with Crippen LogP contribution in [0.25, 0.3) is 0 Å². The van der Waals surface area contributed by atoms with Crippen molar-refractivity contribution >= 4 is 46.2 Å². The van der Waals surface area contributed by atoms with E-state index in [9.17, 15) is 9.59 Å². The van der Waals surface area contributed by atoms with Gasteiger partial charge in [-0.05, 0) is 37.5 Å². The molecule has 0 bridgehead atoms. The quantitative estimate of drug-likeness (QED) is 0.735. The van der Waals surface area contributed by atoms with Crippen molar-refractivity contribution in [2.75, 3.05) is 7.05 Å². The van der Waals surface area contributed by atoms with Gasteiger partial charge in [0.2, 0.25) is 0 Å². The van der Waals surface area contributed by atoms with Gasteiger partial charge in [0.05, 0.1) is 9.21 Å². The Kier molecular flexibility index (Phi) is 5.00. The molecule has 24 heavy (non-hydrogen) atoms. The Morgan fingerprint density at radius 1 is 1.17 bits per heavy atom. The van der Waals surface area contributed by atoms with E-state index in [4.69, 9.17) is 23.2 Å². The number of amides is 1. The Balaban J connectivity index is 2.10. The van der Waals surface area contributed by atoms with Crippen LogP contribution < -0.4 is 0 Å². The molecule has 0 spiro atoms. The highest BCUT2D eigenvalue weighted by atomic mass is 35.5. The molecule has 0 N–H and O–H groups in total. The lowest BCUT2D eigenvalue weighted by Crippen LogP contribution is -2.54. The first-order valence-corrected chi connectivity index (χ1v) is 9.36. The van der Waals surface area contributed by atoms with Crippen LogP contribution in [-0.2, 0) is 10.3 Å². The zero-order valence-electron chi connectivity index (χ0n) is 13.2. The molecule has 126 valence electrons. The Morgan fingerprint density at radius 2 is 1.92 bits per heavy atom. The van der Waals surface area contributed by atoms with E-state index in [-0.39, 0.29) is 11.7 Å². The van der Waals surface area contributed by atoms with E-state index in [1.807, 2.05) is 18.2 Å². The lowest BCUT2D eigenvalue weighted by atomic mass is 9.74. The van der Waals surface area contributed by atoms with Gasteiger partial charge in [-0.25, -0.2) is 0 Å². The second kappa shape index (κ2) is 6.87. The van der Waals surface area contributed by atoms with Crippen molar-refractivity contribution in [1.82, 2.24) is 4.90 Å². The zero-order chi connectivity index (χ0) is 17.3. The third-order valence-electron chi connectivity index (χ3n) is 4.63. The summed E-state index contributed by atoms with van der Waals surface area (Å²) in [5, 5.41) is 0.511. The molecule has 1 aromatic carbocycles. The maximum Gasteiger partial charge on any atom is 0.264 e. The van der Waals surface area contributed by atoms with Crippen LogP contribution in [0.15, 0.2) is 36.4 Å². The van der Waals surface area contributed by atoms with Gasteiger partial charge in [-0.1, -0.05) is 41.4 Å². The van der Waals surface area contributed by atoms with E-state index in [2.05, 4.69) is 0 Å². The van der Waals surface area contributed by atoms with Crippen molar-refractivity contribution in [3.63, 3.8) is 0 Å². The molecule has 1 aromatic heterocycles. The highest BCUT2D eigenvalue weighted by Gasteiger charge is 2.48. The first-order chi connectivity index (χ1) is 11.5. The minimum Gasteiger partial charge on any atom is -0.324 e. The van der Waals surface area contributed by atoms with Crippen LogP contribution in [-0.4, -0.2) is 23.6 Å². The number of likely N-dealkylation sites (N-methyl/N-ethyl adjacent to an activating group) is 1. The van der Waals surface area contributed by atoms with E-state index >= 15 is 0 Å². The first-order valence-electron chi connectivity index (χ1n) is 7.78. The smallest absolute Gasteiger partial charge is 0.264 e. The van der Waals surface area contributed by atoms with Crippen LogP contribution in [0.4, 0.5) is 0 Å². The molecule has 3 nitrogen and oxygen atoms in total. The maximum atomic E-state index is 13.0. The predicted octanol–water partition coefficient (Wildman–Crippen LogP) is 5.17. The van der Waals surface area contributed by atoms with Crippen LogP contribution in [0.5, 0.6) is 0 Å². The Labute approximate surface area is 155 Å². The minimum absolute atomic E-state index is 0.0420. The van der Waals surface area contributed by atoms with E-state index < -0.39 is 5.54 Å². The number of halogens is 2. The predicted molar refractivity (Wildman–Crippen MR) is 98.0 cm³/mol. The number of hydrogen-bond donors (Lipinski definition) is 0. The molecule has 0 saturated heterocycles. The fourth-order valence-corrected chi connectivity index (χ4v) is 4.71. The number of Topliss-reactive ketones (excluding diaryl/α,β-unsaturated/α-hetero) is 1. The average Bonchev–Trinajstić information content (AvgIpc) is 3.01. The van der Waals surface area contributed by atoms with Crippen molar-refractivity contribution in [2.45, 2.75) is 31.2 Å². The Bertz CT molecular complexity index is 789. The molecule has 1 heterocycles. The maximum absolute atomic E-state index is 13.0. The summed E-state index contributed by atoms with van der Waals surface area (Å²) in [4.78, 5) is 28.0. The van der Waals surface area contributed by atoms with Gasteiger partial charge in [0.25, 0.3) is 5.91 Å². The molecule has 0 aliphatic heterocycles. The second-order valence-electron chi connectivity index (χ2n) is 5.94. The molecule has 3 rings (SSSR count). The van der Waals surface area contributed by atoms with Crippen molar-refractivity contribution in [3.05, 3.63) is 56.2 Å². The van der Waals surface area contributed by atoms with E-state index in [1.165, 1.54) is 11.3 Å². The molecule has 1 atom stereocenters. The summed E-state index contributed by atoms with van der Waals surface area (Å²) in [7, 11) is 1.68. The highest BCUT2D eigenvalue weighted by molar-refractivity contribution is 7.18. The van der Waals surface area contributed by atoms with Gasteiger partial charge in [-0.3, -0.25) is 9.59 Å². The SMILES string of the molecule is CN(C(=O)c1ccc(Cl)s1)C1(c2ccccc2Cl)CCCCC1=O. The molecular weight excluding hydrogens is 365 g/mol. The zero-order valence-corrected chi connectivity index (χ0v) is 15.5. The minimum atomic E-state index is -1.01. The lowest BCUT2D eigenvalue weighted by molar-refractivity contribution is -0.132. The topological polar surface area (TPSA) is 37.4 Å². The summed E-state index contributed by atoms with van der Waals surface area (Å²) in [6.07, 6.45) is 2.75. The third-order valence-corrected chi connectivity index (χ3v) is 6.18. The van der Waals surface area contributed by atoms with Gasteiger partial charge in [0.1, 0.15) is 5.54 Å². The number of hydrogen-bond acceptors (Lipinski definition) is 3. The Hall–Kier alpha value is -1.36. The monoisotopic (exact) mass is 381 g/mol.